The Morgan fingerprint density at radius 1 is 1.12 bits per heavy atom. The minimum Gasteiger partial charge on any atom is -0.399 e. The molecule has 1 saturated heterocycles. The van der Waals surface area contributed by atoms with E-state index in [-0.39, 0.29) is 10.6 Å². The van der Waals surface area contributed by atoms with Gasteiger partial charge in [0.2, 0.25) is 10.0 Å². The summed E-state index contributed by atoms with van der Waals surface area (Å²) in [7, 11) is -3.59. The third-order valence-electron chi connectivity index (χ3n) is 2.85. The van der Waals surface area contributed by atoms with E-state index < -0.39 is 15.8 Å². The van der Waals surface area contributed by atoms with Crippen LogP contribution in [0, 0.1) is 5.82 Å². The highest BCUT2D eigenvalue weighted by molar-refractivity contribution is 7.89. The number of nitrogen functional groups attached to an aromatic ring is 1. The molecule has 6 heteroatoms. The average molecular weight is 258 g/mol. The first-order chi connectivity index (χ1) is 8.00. The molecule has 17 heavy (non-hydrogen) atoms. The molecule has 1 aromatic carbocycles. The molecule has 4 nitrogen and oxygen atoms in total. The van der Waals surface area contributed by atoms with Gasteiger partial charge in [0.15, 0.2) is 0 Å². The van der Waals surface area contributed by atoms with Crippen molar-refractivity contribution in [2.24, 2.45) is 0 Å². The van der Waals surface area contributed by atoms with E-state index in [0.717, 1.165) is 31.4 Å². The Morgan fingerprint density at radius 3 is 2.35 bits per heavy atom. The van der Waals surface area contributed by atoms with Gasteiger partial charge >= 0.3 is 0 Å². The fourth-order valence-electron chi connectivity index (χ4n) is 1.99. The van der Waals surface area contributed by atoms with Gasteiger partial charge in [0.1, 0.15) is 5.82 Å². The number of sulfonamides is 1. The van der Waals surface area contributed by atoms with Crippen molar-refractivity contribution in [1.82, 2.24) is 4.31 Å². The van der Waals surface area contributed by atoms with Crippen molar-refractivity contribution in [3.05, 3.63) is 24.0 Å². The van der Waals surface area contributed by atoms with Gasteiger partial charge in [-0.1, -0.05) is 6.42 Å². The minimum absolute atomic E-state index is 0.0584. The molecule has 0 amide bonds. The van der Waals surface area contributed by atoms with Crippen LogP contribution >= 0.6 is 0 Å². The summed E-state index contributed by atoms with van der Waals surface area (Å²) >= 11 is 0. The SMILES string of the molecule is Nc1cc(F)cc(S(=O)(=O)N2CCCCC2)c1. The van der Waals surface area contributed by atoms with E-state index in [0.29, 0.717) is 13.1 Å². The maximum atomic E-state index is 13.2. The second-order valence-corrected chi connectivity index (χ2v) is 6.12. The second-order valence-electron chi connectivity index (χ2n) is 4.19. The number of nitrogens with two attached hydrogens (primary N) is 1. The van der Waals surface area contributed by atoms with Crippen LogP contribution in [0.4, 0.5) is 10.1 Å². The smallest absolute Gasteiger partial charge is 0.243 e. The summed E-state index contributed by atoms with van der Waals surface area (Å²) in [6.07, 6.45) is 2.74. The van der Waals surface area contributed by atoms with E-state index in [1.807, 2.05) is 0 Å². The van der Waals surface area contributed by atoms with E-state index in [9.17, 15) is 12.8 Å². The van der Waals surface area contributed by atoms with Crippen LogP contribution in [0.25, 0.3) is 0 Å². The average Bonchev–Trinajstić information content (AvgIpc) is 2.29. The van der Waals surface area contributed by atoms with Crippen molar-refractivity contribution in [2.45, 2.75) is 24.2 Å². The molecule has 2 rings (SSSR count). The highest BCUT2D eigenvalue weighted by Crippen LogP contribution is 2.22. The number of nitrogens with zero attached hydrogens (tertiary/aromatic N) is 1. The molecule has 1 aliphatic heterocycles. The molecule has 1 aliphatic rings. The molecule has 1 heterocycles. The molecule has 0 unspecified atom stereocenters. The molecule has 0 radical (unpaired) electrons. The molecule has 1 aromatic rings. The summed E-state index contributed by atoms with van der Waals surface area (Å²) in [6, 6.07) is 3.42. The van der Waals surface area contributed by atoms with E-state index in [1.54, 1.807) is 0 Å². The number of hydrogen-bond donors (Lipinski definition) is 1. The van der Waals surface area contributed by atoms with Crippen molar-refractivity contribution < 1.29 is 12.8 Å². The van der Waals surface area contributed by atoms with Gasteiger partial charge in [-0.25, -0.2) is 12.8 Å². The Labute approximate surface area is 100 Å². The van der Waals surface area contributed by atoms with Crippen molar-refractivity contribution in [1.29, 1.82) is 0 Å². The van der Waals surface area contributed by atoms with Crippen molar-refractivity contribution in [2.75, 3.05) is 18.8 Å². The zero-order valence-electron chi connectivity index (χ0n) is 9.39. The molecule has 0 saturated carbocycles. The topological polar surface area (TPSA) is 63.4 Å². The van der Waals surface area contributed by atoms with Gasteiger partial charge in [0, 0.05) is 18.8 Å². The largest absolute Gasteiger partial charge is 0.399 e. The maximum Gasteiger partial charge on any atom is 0.243 e. The van der Waals surface area contributed by atoms with Gasteiger partial charge in [-0.15, -0.1) is 0 Å². The van der Waals surface area contributed by atoms with Gasteiger partial charge in [-0.05, 0) is 31.0 Å². The molecule has 0 aromatic heterocycles. The van der Waals surface area contributed by atoms with Crippen molar-refractivity contribution >= 4 is 15.7 Å². The monoisotopic (exact) mass is 258 g/mol. The summed E-state index contributed by atoms with van der Waals surface area (Å²) in [4.78, 5) is -0.0584. The molecule has 94 valence electrons. The van der Waals surface area contributed by atoms with Crippen molar-refractivity contribution in [3.8, 4) is 0 Å². The summed E-state index contributed by atoms with van der Waals surface area (Å²) in [5.74, 6) is -0.624. The molecule has 0 aliphatic carbocycles. The van der Waals surface area contributed by atoms with Crippen LogP contribution in [0.2, 0.25) is 0 Å². The molecule has 0 atom stereocenters. The Hall–Kier alpha value is -1.14. The van der Waals surface area contributed by atoms with Crippen molar-refractivity contribution in [3.63, 3.8) is 0 Å². The lowest BCUT2D eigenvalue weighted by atomic mass is 10.2. The summed E-state index contributed by atoms with van der Waals surface area (Å²) in [6.45, 7) is 0.998. The third-order valence-corrected chi connectivity index (χ3v) is 4.72. The fraction of sp³-hybridized carbons (Fsp3) is 0.455. The Kier molecular flexibility index (Phi) is 3.35. The van der Waals surface area contributed by atoms with Gasteiger partial charge in [-0.3, -0.25) is 0 Å². The summed E-state index contributed by atoms with van der Waals surface area (Å²) < 4.78 is 38.9. The van der Waals surface area contributed by atoms with Crippen LogP contribution in [0.3, 0.4) is 0 Å². The van der Waals surface area contributed by atoms with Gasteiger partial charge in [0.05, 0.1) is 4.90 Å². The van der Waals surface area contributed by atoms with E-state index >= 15 is 0 Å². The maximum absolute atomic E-state index is 13.2. The predicted molar refractivity (Wildman–Crippen MR) is 63.4 cm³/mol. The lowest BCUT2D eigenvalue weighted by Gasteiger charge is -2.25. The number of anilines is 1. The van der Waals surface area contributed by atoms with Crippen LogP contribution in [-0.4, -0.2) is 25.8 Å². The minimum atomic E-state index is -3.59. The van der Waals surface area contributed by atoms with Gasteiger partial charge in [0.25, 0.3) is 0 Å². The number of rotatable bonds is 2. The van der Waals surface area contributed by atoms with E-state index in [4.69, 9.17) is 5.73 Å². The normalized spacial score (nSPS) is 18.2. The Morgan fingerprint density at radius 2 is 1.76 bits per heavy atom. The van der Waals surface area contributed by atoms with Crippen LogP contribution in [-0.2, 0) is 10.0 Å². The number of benzene rings is 1. The molecular weight excluding hydrogens is 243 g/mol. The zero-order chi connectivity index (χ0) is 12.5. The molecule has 0 bridgehead atoms. The predicted octanol–water partition coefficient (Wildman–Crippen LogP) is 1.58. The Balaban J connectivity index is 2.36. The van der Waals surface area contributed by atoms with Crippen LogP contribution in [0.5, 0.6) is 0 Å². The quantitative estimate of drug-likeness (QED) is 0.819. The first-order valence-electron chi connectivity index (χ1n) is 5.56. The highest BCUT2D eigenvalue weighted by Gasteiger charge is 2.26. The highest BCUT2D eigenvalue weighted by atomic mass is 32.2. The second kappa shape index (κ2) is 4.62. The van der Waals surface area contributed by atoms with Crippen LogP contribution in [0.15, 0.2) is 23.1 Å². The zero-order valence-corrected chi connectivity index (χ0v) is 10.2. The first-order valence-corrected chi connectivity index (χ1v) is 7.00. The molecular formula is C11H15FN2O2S. The number of piperidine rings is 1. The third kappa shape index (κ3) is 2.58. The van der Waals surface area contributed by atoms with E-state index in [1.165, 1.54) is 10.4 Å². The summed E-state index contributed by atoms with van der Waals surface area (Å²) in [5.41, 5.74) is 5.59. The fourth-order valence-corrected chi connectivity index (χ4v) is 3.57. The first kappa shape index (κ1) is 12.3. The lowest BCUT2D eigenvalue weighted by molar-refractivity contribution is 0.346. The summed E-state index contributed by atoms with van der Waals surface area (Å²) in [5, 5.41) is 0. The number of hydrogen-bond acceptors (Lipinski definition) is 3. The van der Waals surface area contributed by atoms with Gasteiger partial charge in [-0.2, -0.15) is 4.31 Å². The van der Waals surface area contributed by atoms with Crippen LogP contribution < -0.4 is 5.73 Å². The number of halogens is 1. The van der Waals surface area contributed by atoms with E-state index in [2.05, 4.69) is 0 Å². The van der Waals surface area contributed by atoms with Gasteiger partial charge < -0.3 is 5.73 Å². The lowest BCUT2D eigenvalue weighted by Crippen LogP contribution is -2.35. The molecule has 1 fully saturated rings. The standard InChI is InChI=1S/C11H15FN2O2S/c12-9-6-10(13)8-11(7-9)17(15,16)14-4-2-1-3-5-14/h6-8H,1-5,13H2. The molecule has 0 spiro atoms. The Bertz CT molecular complexity index is 490. The van der Waals surface area contributed by atoms with Crippen LogP contribution in [0.1, 0.15) is 19.3 Å². The molecule has 2 N–H and O–H groups in total.